The van der Waals surface area contributed by atoms with Crippen molar-refractivity contribution in [2.45, 2.75) is 75.4 Å². The number of fused-ring (bicyclic) bond motifs is 1. The number of nitrogens with zero attached hydrogens (tertiary/aromatic N) is 2. The van der Waals surface area contributed by atoms with Crippen LogP contribution >= 0.6 is 0 Å². The van der Waals surface area contributed by atoms with E-state index in [2.05, 4.69) is 26.9 Å². The van der Waals surface area contributed by atoms with Gasteiger partial charge in [-0.15, -0.1) is 6.58 Å². The zero-order chi connectivity index (χ0) is 34.3. The quantitative estimate of drug-likeness (QED) is 0.299. The van der Waals surface area contributed by atoms with E-state index >= 15 is 0 Å². The topological polar surface area (TPSA) is 182 Å². The van der Waals surface area contributed by atoms with Crippen LogP contribution in [0.15, 0.2) is 43.1 Å². The number of carbonyl (C=O) groups is 4. The van der Waals surface area contributed by atoms with E-state index in [1.54, 1.807) is 52.3 Å². The van der Waals surface area contributed by atoms with Crippen molar-refractivity contribution in [2.75, 3.05) is 20.8 Å². The average Bonchev–Trinajstić information content (AvgIpc) is 3.95. The lowest BCUT2D eigenvalue weighted by Gasteiger charge is -2.35. The molecule has 15 heteroatoms. The van der Waals surface area contributed by atoms with Gasteiger partial charge < -0.3 is 29.7 Å². The summed E-state index contributed by atoms with van der Waals surface area (Å²) in [5.74, 6) is -1.65. The molecule has 4 amide bonds. The molecule has 1 aromatic carbocycles. The molecule has 3 N–H and O–H groups in total. The van der Waals surface area contributed by atoms with Crippen molar-refractivity contribution in [3.05, 3.63) is 43.1 Å². The van der Waals surface area contributed by atoms with Crippen LogP contribution in [-0.4, -0.2) is 91.9 Å². The number of alkyl carbamates (subject to hydrolysis) is 1. The van der Waals surface area contributed by atoms with Crippen LogP contribution in [0.3, 0.4) is 0 Å². The fourth-order valence-corrected chi connectivity index (χ4v) is 7.26. The highest BCUT2D eigenvalue weighted by Crippen LogP contribution is 2.45. The summed E-state index contributed by atoms with van der Waals surface area (Å²) >= 11 is 0. The van der Waals surface area contributed by atoms with Gasteiger partial charge in [-0.3, -0.25) is 19.1 Å². The molecule has 1 saturated heterocycles. The Labute approximate surface area is 273 Å². The van der Waals surface area contributed by atoms with Crippen molar-refractivity contribution >= 4 is 44.6 Å². The molecule has 5 rings (SSSR count). The van der Waals surface area contributed by atoms with Crippen molar-refractivity contribution in [2.24, 2.45) is 11.3 Å². The minimum atomic E-state index is -3.88. The molecule has 0 bridgehead atoms. The summed E-state index contributed by atoms with van der Waals surface area (Å²) in [7, 11) is -1.14. The van der Waals surface area contributed by atoms with Gasteiger partial charge in [0.05, 0.1) is 26.0 Å². The summed E-state index contributed by atoms with van der Waals surface area (Å²) in [6.45, 7) is 8.98. The molecular formula is C32H41N5O9S. The standard InChI is InChI=1S/C32H41N5O9S/c1-7-19-16-32(19,29(40)36-47(42,43)22-9-10-22)35-26(38)24-15-21(17-37(24)28(39)25(31(2,3)4)34-30(41)45-6)46-27-23-11-8-20(44-5)14-18(23)12-13-33-27/h7-8,11-14,19,21-22,24-25H,1,9-10,15-17H2,2-6H3,(H,34,41)(H,35,38)(H,36,40)/t19-,21-,24+,25-,32-/m1/s1. The number of pyridine rings is 1. The number of carbonyl (C=O) groups excluding carboxylic acids is 4. The monoisotopic (exact) mass is 671 g/mol. The molecule has 0 spiro atoms. The second-order valence-electron chi connectivity index (χ2n) is 13.3. The van der Waals surface area contributed by atoms with Gasteiger partial charge in [0.1, 0.15) is 29.5 Å². The number of likely N-dealkylation sites (tertiary alicyclic amines) is 1. The molecule has 0 radical (unpaired) electrons. The zero-order valence-electron chi connectivity index (χ0n) is 27.1. The minimum Gasteiger partial charge on any atom is -0.497 e. The first-order valence-electron chi connectivity index (χ1n) is 15.4. The number of nitrogens with one attached hydrogen (secondary N) is 3. The van der Waals surface area contributed by atoms with Crippen LogP contribution in [0.5, 0.6) is 11.6 Å². The lowest BCUT2D eigenvalue weighted by molar-refractivity contribution is -0.142. The molecule has 0 unspecified atom stereocenters. The fourth-order valence-electron chi connectivity index (χ4n) is 5.89. The van der Waals surface area contributed by atoms with Crippen LogP contribution in [0.4, 0.5) is 4.79 Å². The largest absolute Gasteiger partial charge is 0.497 e. The molecule has 254 valence electrons. The number of amides is 4. The lowest BCUT2D eigenvalue weighted by atomic mass is 9.85. The Morgan fingerprint density at radius 3 is 2.47 bits per heavy atom. The van der Waals surface area contributed by atoms with E-state index < -0.39 is 74.1 Å². The molecule has 5 atom stereocenters. The number of hydrogen-bond donors (Lipinski definition) is 3. The van der Waals surface area contributed by atoms with Crippen LogP contribution in [0.2, 0.25) is 0 Å². The minimum absolute atomic E-state index is 0.0255. The molecular weight excluding hydrogens is 630 g/mol. The van der Waals surface area contributed by atoms with E-state index in [1.165, 1.54) is 18.1 Å². The lowest BCUT2D eigenvalue weighted by Crippen LogP contribution is -2.60. The van der Waals surface area contributed by atoms with Crippen LogP contribution in [0.25, 0.3) is 10.8 Å². The van der Waals surface area contributed by atoms with E-state index in [1.807, 2.05) is 6.07 Å². The number of ether oxygens (including phenoxy) is 3. The van der Waals surface area contributed by atoms with Gasteiger partial charge in [0.2, 0.25) is 27.7 Å². The third-order valence-corrected chi connectivity index (χ3v) is 10.7. The molecule has 14 nitrogen and oxygen atoms in total. The first-order valence-corrected chi connectivity index (χ1v) is 16.9. The maximum Gasteiger partial charge on any atom is 0.407 e. The summed E-state index contributed by atoms with van der Waals surface area (Å²) in [5, 5.41) is 6.21. The highest BCUT2D eigenvalue weighted by Gasteiger charge is 2.62. The summed E-state index contributed by atoms with van der Waals surface area (Å²) in [5.41, 5.74) is -2.33. The molecule has 2 aromatic rings. The van der Waals surface area contributed by atoms with E-state index in [0.717, 1.165) is 5.39 Å². The molecule has 3 aliphatic rings. The predicted molar refractivity (Wildman–Crippen MR) is 171 cm³/mol. The summed E-state index contributed by atoms with van der Waals surface area (Å²) < 4.78 is 43.7. The van der Waals surface area contributed by atoms with Crippen LogP contribution in [0, 0.1) is 11.3 Å². The summed E-state index contributed by atoms with van der Waals surface area (Å²) in [6, 6.07) is 4.98. The predicted octanol–water partition coefficient (Wildman–Crippen LogP) is 2.03. The maximum absolute atomic E-state index is 14.2. The summed E-state index contributed by atoms with van der Waals surface area (Å²) in [4.78, 5) is 59.5. The van der Waals surface area contributed by atoms with E-state index in [0.29, 0.717) is 29.9 Å². The number of hydrogen-bond acceptors (Lipinski definition) is 10. The zero-order valence-corrected chi connectivity index (χ0v) is 27.9. The first kappa shape index (κ1) is 33.9. The van der Waals surface area contributed by atoms with Crippen molar-refractivity contribution in [3.63, 3.8) is 0 Å². The molecule has 47 heavy (non-hydrogen) atoms. The molecule has 2 aliphatic carbocycles. The van der Waals surface area contributed by atoms with Gasteiger partial charge in [0, 0.05) is 23.9 Å². The van der Waals surface area contributed by atoms with Crippen molar-refractivity contribution in [1.29, 1.82) is 0 Å². The smallest absolute Gasteiger partial charge is 0.407 e. The molecule has 2 heterocycles. The van der Waals surface area contributed by atoms with Crippen LogP contribution < -0.4 is 24.8 Å². The second-order valence-corrected chi connectivity index (χ2v) is 15.3. The van der Waals surface area contributed by atoms with E-state index in [4.69, 9.17) is 14.2 Å². The van der Waals surface area contributed by atoms with Gasteiger partial charge in [0.15, 0.2) is 0 Å². The van der Waals surface area contributed by atoms with Gasteiger partial charge in [-0.25, -0.2) is 18.2 Å². The van der Waals surface area contributed by atoms with Gasteiger partial charge in [-0.05, 0) is 54.3 Å². The average molecular weight is 672 g/mol. The molecule has 1 aromatic heterocycles. The highest BCUT2D eigenvalue weighted by atomic mass is 32.2. The van der Waals surface area contributed by atoms with Crippen molar-refractivity contribution in [3.8, 4) is 11.6 Å². The number of rotatable bonds is 11. The number of aromatic nitrogens is 1. The van der Waals surface area contributed by atoms with Gasteiger partial charge >= 0.3 is 6.09 Å². The van der Waals surface area contributed by atoms with Gasteiger partial charge in [-0.2, -0.15) is 0 Å². The Bertz CT molecular complexity index is 1700. The van der Waals surface area contributed by atoms with E-state index in [9.17, 15) is 27.6 Å². The molecule has 2 saturated carbocycles. The second kappa shape index (κ2) is 12.7. The Kier molecular flexibility index (Phi) is 9.14. The highest BCUT2D eigenvalue weighted by molar-refractivity contribution is 7.91. The maximum atomic E-state index is 14.2. The Morgan fingerprint density at radius 2 is 1.87 bits per heavy atom. The normalized spacial score (nSPS) is 24.5. The van der Waals surface area contributed by atoms with Gasteiger partial charge in [-0.1, -0.05) is 26.8 Å². The third kappa shape index (κ3) is 6.99. The third-order valence-electron chi connectivity index (χ3n) is 8.87. The van der Waals surface area contributed by atoms with Crippen molar-refractivity contribution < 1.29 is 41.8 Å². The first-order chi connectivity index (χ1) is 22.1. The molecule has 3 fully saturated rings. The molecule has 1 aliphatic heterocycles. The van der Waals surface area contributed by atoms with Crippen LogP contribution in [-0.2, 0) is 29.1 Å². The summed E-state index contributed by atoms with van der Waals surface area (Å²) in [6.07, 6.45) is 2.64. The number of sulfonamides is 1. The van der Waals surface area contributed by atoms with Crippen molar-refractivity contribution in [1.82, 2.24) is 25.2 Å². The Balaban J connectivity index is 1.44. The van der Waals surface area contributed by atoms with Crippen LogP contribution in [0.1, 0.15) is 46.5 Å². The fraction of sp³-hybridized carbons (Fsp3) is 0.531. The van der Waals surface area contributed by atoms with Gasteiger partial charge in [0.25, 0.3) is 5.91 Å². The number of benzene rings is 1. The number of methoxy groups -OCH3 is 2. The Hall–Kier alpha value is -4.40. The Morgan fingerprint density at radius 1 is 1.15 bits per heavy atom. The van der Waals surface area contributed by atoms with E-state index in [-0.39, 0.29) is 19.4 Å². The SMILES string of the molecule is C=C[C@@H]1C[C@]1(NC(=O)[C@@H]1C[C@@H](Oc2nccc3cc(OC)ccc23)CN1C(=O)[C@@H](NC(=O)OC)C(C)(C)C)C(=O)NS(=O)(=O)C1CC1.